The second kappa shape index (κ2) is 6.84. The van der Waals surface area contributed by atoms with Gasteiger partial charge in [-0.3, -0.25) is 4.79 Å². The number of hydrogen-bond acceptors (Lipinski definition) is 4. The molecule has 0 fully saturated rings. The number of sulfonamides is 1. The predicted octanol–water partition coefficient (Wildman–Crippen LogP) is 2.11. The summed E-state index contributed by atoms with van der Waals surface area (Å²) < 4.78 is 21.9. The molecule has 0 aliphatic heterocycles. The summed E-state index contributed by atoms with van der Waals surface area (Å²) >= 11 is 1.63. The Bertz CT molecular complexity index is 692. The molecule has 0 unspecified atom stereocenters. The van der Waals surface area contributed by atoms with Crippen LogP contribution < -0.4 is 10.5 Å². The van der Waals surface area contributed by atoms with Crippen molar-refractivity contribution in [1.29, 1.82) is 0 Å². The lowest BCUT2D eigenvalue weighted by Crippen LogP contribution is -2.15. The fraction of sp³-hybridized carbons (Fsp3) is 0.214. The predicted molar refractivity (Wildman–Crippen MR) is 84.5 cm³/mol. The number of thiophene rings is 1. The zero-order valence-corrected chi connectivity index (χ0v) is 12.9. The Labute approximate surface area is 127 Å². The highest BCUT2D eigenvalue weighted by atomic mass is 32.2. The maximum Gasteiger partial charge on any atom is 0.224 e. The van der Waals surface area contributed by atoms with E-state index in [-0.39, 0.29) is 11.7 Å². The van der Waals surface area contributed by atoms with Crippen LogP contribution in [0.25, 0.3) is 0 Å². The SMILES string of the molecule is NS(=O)(=O)Cc1ccc(NC(=O)CCc2cccs2)cc1. The Kier molecular flexibility index (Phi) is 5.11. The number of benzene rings is 1. The molecule has 7 heteroatoms. The topological polar surface area (TPSA) is 89.3 Å². The number of aryl methyl sites for hydroxylation is 1. The smallest absolute Gasteiger partial charge is 0.224 e. The number of carbonyl (C=O) groups is 1. The Morgan fingerprint density at radius 1 is 1.19 bits per heavy atom. The molecule has 0 saturated heterocycles. The summed E-state index contributed by atoms with van der Waals surface area (Å²) in [6.45, 7) is 0. The molecule has 1 amide bonds. The molecule has 5 nitrogen and oxygen atoms in total. The van der Waals surface area contributed by atoms with Gasteiger partial charge in [-0.15, -0.1) is 11.3 Å². The maximum absolute atomic E-state index is 11.8. The molecule has 3 N–H and O–H groups in total. The number of carbonyl (C=O) groups excluding carboxylic acids is 1. The number of primary sulfonamides is 1. The van der Waals surface area contributed by atoms with Gasteiger partial charge in [0, 0.05) is 17.0 Å². The number of hydrogen-bond donors (Lipinski definition) is 2. The van der Waals surface area contributed by atoms with Crippen LogP contribution in [0.5, 0.6) is 0 Å². The molecule has 0 aliphatic rings. The van der Waals surface area contributed by atoms with Gasteiger partial charge in [-0.25, -0.2) is 13.6 Å². The Balaban J connectivity index is 1.86. The molecule has 21 heavy (non-hydrogen) atoms. The molecule has 1 aromatic carbocycles. The van der Waals surface area contributed by atoms with Gasteiger partial charge in [-0.2, -0.15) is 0 Å². The first-order valence-corrected chi connectivity index (χ1v) is 8.93. The first-order chi connectivity index (χ1) is 9.92. The van der Waals surface area contributed by atoms with Crippen LogP contribution in [0.4, 0.5) is 5.69 Å². The minimum atomic E-state index is -3.53. The monoisotopic (exact) mass is 324 g/mol. The van der Waals surface area contributed by atoms with Crippen molar-refractivity contribution in [1.82, 2.24) is 0 Å². The van der Waals surface area contributed by atoms with E-state index in [4.69, 9.17) is 5.14 Å². The minimum Gasteiger partial charge on any atom is -0.326 e. The number of nitrogens with two attached hydrogens (primary N) is 1. The molecule has 0 radical (unpaired) electrons. The second-order valence-electron chi connectivity index (χ2n) is 4.63. The molecule has 0 saturated carbocycles. The van der Waals surface area contributed by atoms with E-state index < -0.39 is 10.0 Å². The number of anilines is 1. The van der Waals surface area contributed by atoms with E-state index in [1.807, 2.05) is 17.5 Å². The summed E-state index contributed by atoms with van der Waals surface area (Å²) in [7, 11) is -3.53. The van der Waals surface area contributed by atoms with Gasteiger partial charge in [0.1, 0.15) is 0 Å². The number of rotatable bonds is 6. The average molecular weight is 324 g/mol. The summed E-state index contributed by atoms with van der Waals surface area (Å²) in [4.78, 5) is 13.0. The highest BCUT2D eigenvalue weighted by Crippen LogP contribution is 2.14. The van der Waals surface area contributed by atoms with Crippen molar-refractivity contribution >= 4 is 33.0 Å². The molecule has 112 valence electrons. The fourth-order valence-corrected chi connectivity index (χ4v) is 3.20. The van der Waals surface area contributed by atoms with Gasteiger partial charge in [0.15, 0.2) is 0 Å². The quantitative estimate of drug-likeness (QED) is 0.853. The number of amides is 1. The van der Waals surface area contributed by atoms with E-state index in [9.17, 15) is 13.2 Å². The van der Waals surface area contributed by atoms with Crippen LogP contribution >= 0.6 is 11.3 Å². The normalized spacial score (nSPS) is 11.3. The Morgan fingerprint density at radius 2 is 1.90 bits per heavy atom. The summed E-state index contributed by atoms with van der Waals surface area (Å²) in [5.74, 6) is -0.276. The summed E-state index contributed by atoms with van der Waals surface area (Å²) in [6.07, 6.45) is 1.13. The molecule has 0 bridgehead atoms. The van der Waals surface area contributed by atoms with E-state index in [1.54, 1.807) is 35.6 Å². The van der Waals surface area contributed by atoms with Crippen molar-refractivity contribution in [2.24, 2.45) is 5.14 Å². The zero-order valence-electron chi connectivity index (χ0n) is 11.3. The van der Waals surface area contributed by atoms with Crippen LogP contribution in [0.15, 0.2) is 41.8 Å². The Hall–Kier alpha value is -1.70. The van der Waals surface area contributed by atoms with E-state index >= 15 is 0 Å². The second-order valence-corrected chi connectivity index (χ2v) is 7.28. The maximum atomic E-state index is 11.8. The average Bonchev–Trinajstić information content (AvgIpc) is 2.90. The van der Waals surface area contributed by atoms with Crippen LogP contribution in [0.3, 0.4) is 0 Å². The van der Waals surface area contributed by atoms with Crippen molar-refractivity contribution in [3.05, 3.63) is 52.2 Å². The van der Waals surface area contributed by atoms with Crippen LogP contribution in [-0.4, -0.2) is 14.3 Å². The first kappa shape index (κ1) is 15.7. The summed E-state index contributed by atoms with van der Waals surface area (Å²) in [5, 5.41) is 9.74. The lowest BCUT2D eigenvalue weighted by atomic mass is 10.2. The van der Waals surface area contributed by atoms with E-state index in [1.165, 1.54) is 4.88 Å². The molecule has 1 aromatic heterocycles. The van der Waals surface area contributed by atoms with Crippen molar-refractivity contribution in [3.8, 4) is 0 Å². The summed E-state index contributed by atoms with van der Waals surface area (Å²) in [5.41, 5.74) is 1.23. The minimum absolute atomic E-state index is 0.0670. The molecule has 0 atom stereocenters. The van der Waals surface area contributed by atoms with E-state index in [2.05, 4.69) is 5.32 Å². The van der Waals surface area contributed by atoms with Crippen LogP contribution in [0.1, 0.15) is 16.9 Å². The molecule has 0 spiro atoms. The lowest BCUT2D eigenvalue weighted by molar-refractivity contribution is -0.116. The van der Waals surface area contributed by atoms with Crippen LogP contribution in [0, 0.1) is 0 Å². The highest BCUT2D eigenvalue weighted by Gasteiger charge is 2.06. The van der Waals surface area contributed by atoms with Crippen LogP contribution in [-0.2, 0) is 27.0 Å². The first-order valence-electron chi connectivity index (χ1n) is 6.34. The molecule has 2 rings (SSSR count). The molecule has 2 aromatic rings. The third-order valence-corrected chi connectivity index (χ3v) is 4.46. The van der Waals surface area contributed by atoms with Gasteiger partial charge >= 0.3 is 0 Å². The fourth-order valence-electron chi connectivity index (χ4n) is 1.83. The van der Waals surface area contributed by atoms with Crippen molar-refractivity contribution in [3.63, 3.8) is 0 Å². The van der Waals surface area contributed by atoms with Crippen molar-refractivity contribution in [2.45, 2.75) is 18.6 Å². The van der Waals surface area contributed by atoms with Gasteiger partial charge in [-0.05, 0) is 35.6 Å². The summed E-state index contributed by atoms with van der Waals surface area (Å²) in [6, 6.07) is 10.6. The van der Waals surface area contributed by atoms with Gasteiger partial charge < -0.3 is 5.32 Å². The van der Waals surface area contributed by atoms with Gasteiger partial charge in [0.2, 0.25) is 15.9 Å². The largest absolute Gasteiger partial charge is 0.326 e. The van der Waals surface area contributed by atoms with E-state index in [0.717, 1.165) is 0 Å². The van der Waals surface area contributed by atoms with Crippen molar-refractivity contribution in [2.75, 3.05) is 5.32 Å². The molecule has 0 aliphatic carbocycles. The zero-order chi connectivity index (χ0) is 15.3. The highest BCUT2D eigenvalue weighted by molar-refractivity contribution is 7.88. The molecular formula is C14H16N2O3S2. The lowest BCUT2D eigenvalue weighted by Gasteiger charge is -2.06. The molecular weight excluding hydrogens is 308 g/mol. The van der Waals surface area contributed by atoms with Crippen molar-refractivity contribution < 1.29 is 13.2 Å². The third kappa shape index (κ3) is 5.66. The van der Waals surface area contributed by atoms with Gasteiger partial charge in [-0.1, -0.05) is 18.2 Å². The van der Waals surface area contributed by atoms with Gasteiger partial charge in [0.25, 0.3) is 0 Å². The van der Waals surface area contributed by atoms with E-state index in [0.29, 0.717) is 24.1 Å². The standard InChI is InChI=1S/C14H16N2O3S2/c15-21(18,19)10-11-3-5-12(6-4-11)16-14(17)8-7-13-2-1-9-20-13/h1-6,9H,7-8,10H2,(H,16,17)(H2,15,18,19). The van der Waals surface area contributed by atoms with Gasteiger partial charge in [0.05, 0.1) is 5.75 Å². The number of nitrogens with one attached hydrogen (secondary N) is 1. The third-order valence-electron chi connectivity index (χ3n) is 2.78. The molecule has 1 heterocycles. The van der Waals surface area contributed by atoms with Crippen LogP contribution in [0.2, 0.25) is 0 Å². The Morgan fingerprint density at radius 3 is 2.48 bits per heavy atom.